The number of rotatable bonds is 4. The lowest BCUT2D eigenvalue weighted by molar-refractivity contribution is -0.385. The number of aliphatic hydroxyl groups is 1. The molecule has 2 rings (SSSR count). The summed E-state index contributed by atoms with van der Waals surface area (Å²) in [4.78, 5) is 10.5. The third-order valence-electron chi connectivity index (χ3n) is 2.62. The van der Waals surface area contributed by atoms with Crippen molar-refractivity contribution in [2.75, 3.05) is 0 Å². The average Bonchev–Trinajstić information content (AvgIpc) is 2.39. The molecule has 0 spiro atoms. The molecule has 0 aliphatic heterocycles. The molecule has 0 aliphatic rings. The van der Waals surface area contributed by atoms with Crippen LogP contribution in [0.4, 0.5) is 5.69 Å². The van der Waals surface area contributed by atoms with Gasteiger partial charge in [-0.3, -0.25) is 10.1 Å². The Bertz CT molecular complexity index is 610. The minimum absolute atomic E-state index is 0.159. The van der Waals surface area contributed by atoms with Gasteiger partial charge < -0.3 is 9.84 Å². The maximum Gasteiger partial charge on any atom is 0.311 e. The summed E-state index contributed by atoms with van der Waals surface area (Å²) in [5.74, 6) is 0.702. The molecule has 0 unspecified atom stereocenters. The summed E-state index contributed by atoms with van der Waals surface area (Å²) in [5, 5.41) is 20.0. The fourth-order valence-electron chi connectivity index (χ4n) is 1.70. The van der Waals surface area contributed by atoms with Crippen LogP contribution >= 0.6 is 0 Å². The molecule has 0 saturated carbocycles. The molecule has 0 bridgehead atoms. The van der Waals surface area contributed by atoms with E-state index in [1.165, 1.54) is 12.1 Å². The Morgan fingerprint density at radius 2 is 2.05 bits per heavy atom. The van der Waals surface area contributed by atoms with Gasteiger partial charge in [0.15, 0.2) is 0 Å². The van der Waals surface area contributed by atoms with E-state index >= 15 is 0 Å². The number of hydrogen-bond donors (Lipinski definition) is 1. The summed E-state index contributed by atoms with van der Waals surface area (Å²) in [6.07, 6.45) is 0. The fourth-order valence-corrected chi connectivity index (χ4v) is 1.70. The van der Waals surface area contributed by atoms with E-state index in [2.05, 4.69) is 0 Å². The molecule has 0 fully saturated rings. The van der Waals surface area contributed by atoms with Crippen molar-refractivity contribution < 1.29 is 14.8 Å². The average molecular weight is 259 g/mol. The highest BCUT2D eigenvalue weighted by atomic mass is 16.6. The first-order chi connectivity index (χ1) is 9.10. The van der Waals surface area contributed by atoms with E-state index in [-0.39, 0.29) is 18.0 Å². The number of nitrogens with zero attached hydrogens (tertiary/aromatic N) is 1. The Hall–Kier alpha value is -2.40. The zero-order valence-corrected chi connectivity index (χ0v) is 10.4. The Kier molecular flexibility index (Phi) is 3.77. The van der Waals surface area contributed by atoms with E-state index in [0.29, 0.717) is 11.3 Å². The molecule has 0 heterocycles. The van der Waals surface area contributed by atoms with E-state index in [1.54, 1.807) is 18.2 Å². The molecular formula is C14H13NO4. The smallest absolute Gasteiger partial charge is 0.311 e. The minimum atomic E-state index is -0.524. The number of aliphatic hydroxyl groups excluding tert-OH is 1. The third kappa shape index (κ3) is 3.08. The summed E-state index contributed by atoms with van der Waals surface area (Å²) >= 11 is 0. The molecule has 0 amide bonds. The number of hydrogen-bond acceptors (Lipinski definition) is 4. The lowest BCUT2D eigenvalue weighted by atomic mass is 10.2. The number of nitro groups is 1. The number of benzene rings is 2. The van der Waals surface area contributed by atoms with E-state index < -0.39 is 4.92 Å². The van der Waals surface area contributed by atoms with Gasteiger partial charge in [-0.15, -0.1) is 0 Å². The van der Waals surface area contributed by atoms with Crippen molar-refractivity contribution in [3.05, 3.63) is 63.7 Å². The molecule has 19 heavy (non-hydrogen) atoms. The van der Waals surface area contributed by atoms with Gasteiger partial charge in [0, 0.05) is 6.07 Å². The van der Waals surface area contributed by atoms with Crippen molar-refractivity contribution in [1.82, 2.24) is 0 Å². The fraction of sp³-hybridized carbons (Fsp3) is 0.143. The van der Waals surface area contributed by atoms with Crippen LogP contribution in [0.25, 0.3) is 0 Å². The Morgan fingerprint density at radius 3 is 2.68 bits per heavy atom. The van der Waals surface area contributed by atoms with Crippen LogP contribution in [0.2, 0.25) is 0 Å². The number of ether oxygens (including phenoxy) is 1. The second-order valence-electron chi connectivity index (χ2n) is 4.14. The van der Waals surface area contributed by atoms with Gasteiger partial charge >= 0.3 is 5.69 Å². The van der Waals surface area contributed by atoms with Gasteiger partial charge in [-0.2, -0.15) is 0 Å². The molecular weight excluding hydrogens is 246 g/mol. The highest BCUT2D eigenvalue weighted by Gasteiger charge is 2.16. The van der Waals surface area contributed by atoms with E-state index in [4.69, 9.17) is 9.84 Å². The highest BCUT2D eigenvalue weighted by Crippen LogP contribution is 2.32. The van der Waals surface area contributed by atoms with Gasteiger partial charge in [0.2, 0.25) is 5.75 Å². The Balaban J connectivity index is 2.36. The summed E-state index contributed by atoms with van der Waals surface area (Å²) in [6, 6.07) is 11.7. The van der Waals surface area contributed by atoms with Crippen LogP contribution in [-0.2, 0) is 6.61 Å². The lowest BCUT2D eigenvalue weighted by Crippen LogP contribution is -1.95. The van der Waals surface area contributed by atoms with Gasteiger partial charge in [-0.05, 0) is 36.2 Å². The molecule has 0 radical (unpaired) electrons. The third-order valence-corrected chi connectivity index (χ3v) is 2.62. The van der Waals surface area contributed by atoms with Crippen molar-refractivity contribution in [3.63, 3.8) is 0 Å². The normalized spacial score (nSPS) is 10.2. The van der Waals surface area contributed by atoms with Crippen LogP contribution < -0.4 is 4.74 Å². The number of nitro benzene ring substituents is 1. The monoisotopic (exact) mass is 259 g/mol. The van der Waals surface area contributed by atoms with Gasteiger partial charge in [-0.25, -0.2) is 0 Å². The molecule has 2 aromatic rings. The maximum absolute atomic E-state index is 11.0. The first-order valence-electron chi connectivity index (χ1n) is 5.73. The van der Waals surface area contributed by atoms with Gasteiger partial charge in [0.1, 0.15) is 5.75 Å². The quantitative estimate of drug-likeness (QED) is 0.676. The van der Waals surface area contributed by atoms with Gasteiger partial charge in [-0.1, -0.05) is 18.2 Å². The van der Waals surface area contributed by atoms with Crippen LogP contribution in [-0.4, -0.2) is 10.0 Å². The Morgan fingerprint density at radius 1 is 1.26 bits per heavy atom. The van der Waals surface area contributed by atoms with Gasteiger partial charge in [0.25, 0.3) is 0 Å². The molecule has 5 nitrogen and oxygen atoms in total. The van der Waals surface area contributed by atoms with Crippen molar-refractivity contribution >= 4 is 5.69 Å². The van der Waals surface area contributed by atoms with Gasteiger partial charge in [0.05, 0.1) is 11.5 Å². The predicted molar refractivity (Wildman–Crippen MR) is 70.3 cm³/mol. The molecule has 0 atom stereocenters. The van der Waals surface area contributed by atoms with Crippen LogP contribution in [0.3, 0.4) is 0 Å². The maximum atomic E-state index is 11.0. The standard InChI is InChI=1S/C14H13NO4/c1-10-3-2-4-12(7-10)19-14-6-5-11(9-16)8-13(14)15(17)18/h2-8,16H,9H2,1H3. The Labute approximate surface area is 110 Å². The lowest BCUT2D eigenvalue weighted by Gasteiger charge is -2.07. The molecule has 0 aliphatic carbocycles. The molecule has 98 valence electrons. The second kappa shape index (κ2) is 5.49. The van der Waals surface area contributed by atoms with Crippen LogP contribution in [0.15, 0.2) is 42.5 Å². The zero-order valence-electron chi connectivity index (χ0n) is 10.4. The number of aryl methyl sites for hydroxylation is 1. The first-order valence-corrected chi connectivity index (χ1v) is 5.73. The summed E-state index contributed by atoms with van der Waals surface area (Å²) < 4.78 is 5.53. The van der Waals surface area contributed by atoms with Crippen molar-refractivity contribution in [3.8, 4) is 11.5 Å². The SMILES string of the molecule is Cc1cccc(Oc2ccc(CO)cc2[N+](=O)[O-])c1. The predicted octanol–water partition coefficient (Wildman–Crippen LogP) is 3.19. The second-order valence-corrected chi connectivity index (χ2v) is 4.14. The van der Waals surface area contributed by atoms with Crippen molar-refractivity contribution in [2.45, 2.75) is 13.5 Å². The largest absolute Gasteiger partial charge is 0.450 e. The van der Waals surface area contributed by atoms with Crippen LogP contribution in [0.1, 0.15) is 11.1 Å². The summed E-state index contributed by atoms with van der Waals surface area (Å²) in [6.45, 7) is 1.67. The van der Waals surface area contributed by atoms with E-state index in [0.717, 1.165) is 5.56 Å². The molecule has 1 N–H and O–H groups in total. The van der Waals surface area contributed by atoms with Crippen LogP contribution in [0, 0.1) is 17.0 Å². The molecule has 0 aromatic heterocycles. The van der Waals surface area contributed by atoms with E-state index in [1.807, 2.05) is 19.1 Å². The molecule has 0 saturated heterocycles. The topological polar surface area (TPSA) is 72.6 Å². The molecule has 5 heteroatoms. The van der Waals surface area contributed by atoms with Crippen molar-refractivity contribution in [1.29, 1.82) is 0 Å². The van der Waals surface area contributed by atoms with E-state index in [9.17, 15) is 10.1 Å². The highest BCUT2D eigenvalue weighted by molar-refractivity contribution is 5.50. The zero-order chi connectivity index (χ0) is 13.8. The van der Waals surface area contributed by atoms with Crippen LogP contribution in [0.5, 0.6) is 11.5 Å². The van der Waals surface area contributed by atoms with Crippen molar-refractivity contribution in [2.24, 2.45) is 0 Å². The summed E-state index contributed by atoms with van der Waals surface area (Å²) in [5.41, 5.74) is 1.32. The minimum Gasteiger partial charge on any atom is -0.450 e. The first kappa shape index (κ1) is 13.0. The molecule has 2 aromatic carbocycles. The summed E-state index contributed by atoms with van der Waals surface area (Å²) in [7, 11) is 0.